The highest BCUT2D eigenvalue weighted by atomic mass is 32.2. The zero-order valence-electron chi connectivity index (χ0n) is 16.0. The van der Waals surface area contributed by atoms with Crippen molar-refractivity contribution in [2.45, 2.75) is 25.7 Å². The van der Waals surface area contributed by atoms with Gasteiger partial charge in [0.25, 0.3) is 5.91 Å². The van der Waals surface area contributed by atoms with Gasteiger partial charge in [-0.3, -0.25) is 4.79 Å². The Bertz CT molecular complexity index is 754. The quantitative estimate of drug-likeness (QED) is 0.785. The lowest BCUT2D eigenvalue weighted by Crippen LogP contribution is -2.50. The van der Waals surface area contributed by atoms with E-state index < -0.39 is 16.1 Å². The van der Waals surface area contributed by atoms with Crippen molar-refractivity contribution >= 4 is 22.0 Å². The van der Waals surface area contributed by atoms with E-state index in [0.717, 1.165) is 0 Å². The minimum absolute atomic E-state index is 0.132. The molecule has 1 aliphatic heterocycles. The predicted molar refractivity (Wildman–Crippen MR) is 101 cm³/mol. The number of rotatable bonds is 6. The number of piperazine rings is 1. The molecule has 8 nitrogen and oxygen atoms in total. The summed E-state index contributed by atoms with van der Waals surface area (Å²) in [5.41, 5.74) is 0.418. The van der Waals surface area contributed by atoms with E-state index in [1.54, 1.807) is 6.92 Å². The number of nitrogens with zero attached hydrogens (tertiary/aromatic N) is 2. The van der Waals surface area contributed by atoms with Gasteiger partial charge in [-0.1, -0.05) is 13.8 Å². The first-order valence-electron chi connectivity index (χ1n) is 9.05. The van der Waals surface area contributed by atoms with Crippen molar-refractivity contribution < 1.29 is 22.7 Å². The van der Waals surface area contributed by atoms with Crippen molar-refractivity contribution in [1.82, 2.24) is 14.5 Å². The SMILES string of the molecule is CCOC(=O)N1CCN(S(=O)(=O)c2ccc(C(=O)NCC(C)C)cc2)CC1. The summed E-state index contributed by atoms with van der Waals surface area (Å²) in [6.07, 6.45) is -0.425. The third-order valence-electron chi connectivity index (χ3n) is 4.19. The first-order valence-corrected chi connectivity index (χ1v) is 10.5. The number of nitrogens with one attached hydrogen (secondary N) is 1. The number of hydrogen-bond acceptors (Lipinski definition) is 5. The Morgan fingerprint density at radius 3 is 2.22 bits per heavy atom. The molecular weight excluding hydrogens is 370 g/mol. The van der Waals surface area contributed by atoms with E-state index >= 15 is 0 Å². The lowest BCUT2D eigenvalue weighted by molar-refractivity contribution is 0.0932. The number of ether oxygens (including phenoxy) is 1. The van der Waals surface area contributed by atoms with Crippen LogP contribution in [-0.2, 0) is 14.8 Å². The van der Waals surface area contributed by atoms with Crippen molar-refractivity contribution in [1.29, 1.82) is 0 Å². The third kappa shape index (κ3) is 5.43. The average molecular weight is 397 g/mol. The van der Waals surface area contributed by atoms with E-state index in [2.05, 4.69) is 5.32 Å². The molecule has 1 aromatic carbocycles. The van der Waals surface area contributed by atoms with E-state index in [0.29, 0.717) is 18.0 Å². The van der Waals surface area contributed by atoms with Crippen molar-refractivity contribution in [3.05, 3.63) is 29.8 Å². The molecule has 0 bridgehead atoms. The fourth-order valence-electron chi connectivity index (χ4n) is 2.65. The Morgan fingerprint density at radius 1 is 1.11 bits per heavy atom. The van der Waals surface area contributed by atoms with Gasteiger partial charge in [0.15, 0.2) is 0 Å². The second-order valence-electron chi connectivity index (χ2n) is 6.72. The van der Waals surface area contributed by atoms with Crippen LogP contribution in [0.1, 0.15) is 31.1 Å². The number of carbonyl (C=O) groups excluding carboxylic acids is 2. The lowest BCUT2D eigenvalue weighted by atomic mass is 10.2. The maximum atomic E-state index is 12.8. The van der Waals surface area contributed by atoms with Crippen LogP contribution in [0.2, 0.25) is 0 Å². The third-order valence-corrected chi connectivity index (χ3v) is 6.10. The van der Waals surface area contributed by atoms with Crippen LogP contribution in [0.5, 0.6) is 0 Å². The minimum atomic E-state index is -3.67. The van der Waals surface area contributed by atoms with E-state index in [-0.39, 0.29) is 43.6 Å². The van der Waals surface area contributed by atoms with Gasteiger partial charge in [0.1, 0.15) is 0 Å². The predicted octanol–water partition coefficient (Wildman–Crippen LogP) is 1.54. The molecule has 0 radical (unpaired) electrons. The Balaban J connectivity index is 2.01. The maximum absolute atomic E-state index is 12.8. The molecule has 0 spiro atoms. The molecule has 0 saturated carbocycles. The molecule has 2 amide bonds. The standard InChI is InChI=1S/C18H27N3O5S/c1-4-26-18(23)20-9-11-21(12-10-20)27(24,25)16-7-5-15(6-8-16)17(22)19-13-14(2)3/h5-8,14H,4,9-13H2,1-3H3,(H,19,22). The highest BCUT2D eigenvalue weighted by Gasteiger charge is 2.30. The van der Waals surface area contributed by atoms with Gasteiger partial charge in [0.05, 0.1) is 11.5 Å². The van der Waals surface area contributed by atoms with E-state index in [1.807, 2.05) is 13.8 Å². The molecule has 9 heteroatoms. The van der Waals surface area contributed by atoms with Gasteiger partial charge in [-0.05, 0) is 37.1 Å². The maximum Gasteiger partial charge on any atom is 0.409 e. The van der Waals surface area contributed by atoms with Crippen LogP contribution in [0.15, 0.2) is 29.2 Å². The van der Waals surface area contributed by atoms with Crippen LogP contribution in [0.4, 0.5) is 4.79 Å². The summed E-state index contributed by atoms with van der Waals surface area (Å²) in [6.45, 7) is 7.55. The zero-order valence-corrected chi connectivity index (χ0v) is 16.8. The second kappa shape index (κ2) is 9.18. The van der Waals surface area contributed by atoms with E-state index in [9.17, 15) is 18.0 Å². The van der Waals surface area contributed by atoms with Gasteiger partial charge in [-0.25, -0.2) is 13.2 Å². The number of benzene rings is 1. The van der Waals surface area contributed by atoms with Gasteiger partial charge in [0.2, 0.25) is 10.0 Å². The fourth-order valence-corrected chi connectivity index (χ4v) is 4.07. The molecule has 1 aliphatic rings. The molecule has 2 rings (SSSR count). The molecule has 0 atom stereocenters. The summed E-state index contributed by atoms with van der Waals surface area (Å²) in [5, 5.41) is 2.80. The first kappa shape index (κ1) is 21.2. The Hall–Kier alpha value is -2.13. The summed E-state index contributed by atoms with van der Waals surface area (Å²) in [4.78, 5) is 25.4. The molecule has 1 aromatic rings. The van der Waals surface area contributed by atoms with E-state index in [4.69, 9.17) is 4.74 Å². The second-order valence-corrected chi connectivity index (χ2v) is 8.66. The molecule has 1 saturated heterocycles. The smallest absolute Gasteiger partial charge is 0.409 e. The van der Waals surface area contributed by atoms with Crippen LogP contribution in [0.3, 0.4) is 0 Å². The lowest BCUT2D eigenvalue weighted by Gasteiger charge is -2.33. The first-order chi connectivity index (χ1) is 12.8. The van der Waals surface area contributed by atoms with Gasteiger partial charge < -0.3 is 15.0 Å². The van der Waals surface area contributed by atoms with Crippen molar-refractivity contribution in [3.63, 3.8) is 0 Å². The summed E-state index contributed by atoms with van der Waals surface area (Å²) < 4.78 is 31.8. The van der Waals surface area contributed by atoms with E-state index in [1.165, 1.54) is 33.5 Å². The summed E-state index contributed by atoms with van der Waals surface area (Å²) in [7, 11) is -3.67. The molecule has 0 unspecified atom stereocenters. The van der Waals surface area contributed by atoms with Gasteiger partial charge >= 0.3 is 6.09 Å². The van der Waals surface area contributed by atoms with Gasteiger partial charge in [0, 0.05) is 38.3 Å². The Morgan fingerprint density at radius 2 is 1.70 bits per heavy atom. The van der Waals surface area contributed by atoms with Crippen LogP contribution in [0, 0.1) is 5.92 Å². The highest BCUT2D eigenvalue weighted by Crippen LogP contribution is 2.18. The zero-order chi connectivity index (χ0) is 20.0. The normalized spacial score (nSPS) is 15.6. The fraction of sp³-hybridized carbons (Fsp3) is 0.556. The van der Waals surface area contributed by atoms with Gasteiger partial charge in [-0.2, -0.15) is 4.31 Å². The van der Waals surface area contributed by atoms with Gasteiger partial charge in [-0.15, -0.1) is 0 Å². The largest absolute Gasteiger partial charge is 0.450 e. The molecule has 1 fully saturated rings. The van der Waals surface area contributed by atoms with Crippen molar-refractivity contribution in [2.24, 2.45) is 5.92 Å². The van der Waals surface area contributed by atoms with Crippen molar-refractivity contribution in [2.75, 3.05) is 39.3 Å². The average Bonchev–Trinajstić information content (AvgIpc) is 2.66. The molecule has 1 heterocycles. The topological polar surface area (TPSA) is 96.0 Å². The van der Waals surface area contributed by atoms with Crippen molar-refractivity contribution in [3.8, 4) is 0 Å². The molecule has 0 aromatic heterocycles. The Kier molecular flexibility index (Phi) is 7.20. The number of amides is 2. The Labute approximate surface area is 160 Å². The molecule has 1 N–H and O–H groups in total. The van der Waals surface area contributed by atoms with Crippen LogP contribution in [0.25, 0.3) is 0 Å². The molecule has 27 heavy (non-hydrogen) atoms. The summed E-state index contributed by atoms with van der Waals surface area (Å²) >= 11 is 0. The summed E-state index contributed by atoms with van der Waals surface area (Å²) in [6, 6.07) is 5.91. The molecule has 0 aliphatic carbocycles. The minimum Gasteiger partial charge on any atom is -0.450 e. The number of sulfonamides is 1. The molecule has 150 valence electrons. The molecular formula is C18H27N3O5S. The number of hydrogen-bond donors (Lipinski definition) is 1. The summed E-state index contributed by atoms with van der Waals surface area (Å²) in [5.74, 6) is 0.109. The highest BCUT2D eigenvalue weighted by molar-refractivity contribution is 7.89. The number of carbonyl (C=O) groups is 2. The van der Waals surface area contributed by atoms with Crippen LogP contribution in [-0.4, -0.2) is 69.0 Å². The van der Waals surface area contributed by atoms with Crippen LogP contribution < -0.4 is 5.32 Å². The monoisotopic (exact) mass is 397 g/mol. The van der Waals surface area contributed by atoms with Crippen LogP contribution >= 0.6 is 0 Å².